The molecule has 0 saturated heterocycles. The standard InChI is InChI=1S/C14H20N2O3S/c17-8-10-2-1-3-12(10)16-13(18)4-6-15-14(19)11-5-7-20-9-11/h5,7,9-10,12,17H,1-4,6,8H2,(H,15,19)(H,16,18). The van der Waals surface area contributed by atoms with Gasteiger partial charge in [0.1, 0.15) is 0 Å². The van der Waals surface area contributed by atoms with E-state index in [1.165, 1.54) is 11.3 Å². The first-order valence-electron chi connectivity index (χ1n) is 6.91. The first-order chi connectivity index (χ1) is 9.70. The van der Waals surface area contributed by atoms with Crippen LogP contribution in [0.3, 0.4) is 0 Å². The van der Waals surface area contributed by atoms with Crippen LogP contribution in [0.2, 0.25) is 0 Å². The lowest BCUT2D eigenvalue weighted by molar-refractivity contribution is -0.122. The molecule has 1 aromatic rings. The molecule has 0 aromatic carbocycles. The van der Waals surface area contributed by atoms with E-state index in [1.807, 2.05) is 5.38 Å². The van der Waals surface area contributed by atoms with Crippen LogP contribution >= 0.6 is 11.3 Å². The van der Waals surface area contributed by atoms with Gasteiger partial charge in [-0.1, -0.05) is 6.42 Å². The SMILES string of the molecule is O=C(CCNC(=O)c1ccsc1)NC1CCCC1CO. The second-order valence-corrected chi connectivity index (χ2v) is 5.85. The van der Waals surface area contributed by atoms with E-state index in [0.29, 0.717) is 12.1 Å². The Morgan fingerprint density at radius 3 is 2.95 bits per heavy atom. The summed E-state index contributed by atoms with van der Waals surface area (Å²) in [7, 11) is 0. The summed E-state index contributed by atoms with van der Waals surface area (Å²) in [4.78, 5) is 23.4. The summed E-state index contributed by atoms with van der Waals surface area (Å²) in [5.74, 6) is -0.0338. The lowest BCUT2D eigenvalue weighted by Gasteiger charge is -2.19. The van der Waals surface area contributed by atoms with E-state index in [9.17, 15) is 14.7 Å². The summed E-state index contributed by atoms with van der Waals surface area (Å²) in [6, 6.07) is 1.84. The van der Waals surface area contributed by atoms with Crippen LogP contribution in [-0.2, 0) is 4.79 Å². The van der Waals surface area contributed by atoms with E-state index >= 15 is 0 Å². The molecule has 0 spiro atoms. The van der Waals surface area contributed by atoms with Crippen molar-refractivity contribution in [2.75, 3.05) is 13.2 Å². The summed E-state index contributed by atoms with van der Waals surface area (Å²) in [5.41, 5.74) is 0.631. The number of hydrogen-bond acceptors (Lipinski definition) is 4. The highest BCUT2D eigenvalue weighted by Crippen LogP contribution is 2.24. The third-order valence-corrected chi connectivity index (χ3v) is 4.34. The molecule has 2 rings (SSSR count). The number of hydrogen-bond donors (Lipinski definition) is 3. The molecule has 6 heteroatoms. The van der Waals surface area contributed by atoms with Crippen molar-refractivity contribution in [3.05, 3.63) is 22.4 Å². The molecular weight excluding hydrogens is 276 g/mol. The summed E-state index contributed by atoms with van der Waals surface area (Å²) in [6.07, 6.45) is 3.21. The Labute approximate surface area is 122 Å². The maximum atomic E-state index is 11.8. The van der Waals surface area contributed by atoms with Crippen LogP contribution in [0.25, 0.3) is 0 Å². The minimum atomic E-state index is -0.145. The van der Waals surface area contributed by atoms with Crippen molar-refractivity contribution in [2.24, 2.45) is 5.92 Å². The van der Waals surface area contributed by atoms with Crippen molar-refractivity contribution in [1.82, 2.24) is 10.6 Å². The van der Waals surface area contributed by atoms with Gasteiger partial charge in [0.05, 0.1) is 0 Å². The van der Waals surface area contributed by atoms with Gasteiger partial charge in [0, 0.05) is 42.5 Å². The van der Waals surface area contributed by atoms with Crippen LogP contribution in [-0.4, -0.2) is 36.1 Å². The minimum absolute atomic E-state index is 0.0685. The molecule has 1 heterocycles. The van der Waals surface area contributed by atoms with E-state index < -0.39 is 0 Å². The van der Waals surface area contributed by atoms with Gasteiger partial charge in [0.25, 0.3) is 5.91 Å². The van der Waals surface area contributed by atoms with Gasteiger partial charge in [-0.3, -0.25) is 9.59 Å². The highest BCUT2D eigenvalue weighted by atomic mass is 32.1. The summed E-state index contributed by atoms with van der Waals surface area (Å²) in [6.45, 7) is 0.455. The van der Waals surface area contributed by atoms with Gasteiger partial charge in [0.15, 0.2) is 0 Å². The first kappa shape index (κ1) is 15.0. The fourth-order valence-electron chi connectivity index (χ4n) is 2.51. The molecule has 2 unspecified atom stereocenters. The molecule has 0 aliphatic heterocycles. The zero-order chi connectivity index (χ0) is 14.4. The van der Waals surface area contributed by atoms with Crippen LogP contribution in [0.15, 0.2) is 16.8 Å². The van der Waals surface area contributed by atoms with E-state index in [0.717, 1.165) is 19.3 Å². The molecule has 3 N–H and O–H groups in total. The van der Waals surface area contributed by atoms with Gasteiger partial charge in [-0.05, 0) is 24.3 Å². The second kappa shape index (κ2) is 7.40. The molecule has 0 radical (unpaired) electrons. The Kier molecular flexibility index (Phi) is 5.55. The van der Waals surface area contributed by atoms with Crippen molar-refractivity contribution >= 4 is 23.2 Å². The monoisotopic (exact) mass is 296 g/mol. The minimum Gasteiger partial charge on any atom is -0.396 e. The van der Waals surface area contributed by atoms with Crippen LogP contribution in [0.4, 0.5) is 0 Å². The molecule has 2 amide bonds. The highest BCUT2D eigenvalue weighted by Gasteiger charge is 2.27. The normalized spacial score (nSPS) is 21.6. The highest BCUT2D eigenvalue weighted by molar-refractivity contribution is 7.08. The summed E-state index contributed by atoms with van der Waals surface area (Å²) in [5, 5.41) is 18.5. The predicted octanol–water partition coefficient (Wildman–Crippen LogP) is 1.15. The van der Waals surface area contributed by atoms with E-state index in [1.54, 1.807) is 11.4 Å². The molecule has 110 valence electrons. The number of rotatable bonds is 6. The van der Waals surface area contributed by atoms with E-state index in [-0.39, 0.29) is 36.8 Å². The Morgan fingerprint density at radius 1 is 1.40 bits per heavy atom. The molecular formula is C14H20N2O3S. The van der Waals surface area contributed by atoms with Gasteiger partial charge in [-0.25, -0.2) is 0 Å². The second-order valence-electron chi connectivity index (χ2n) is 5.07. The number of aliphatic hydroxyl groups excluding tert-OH is 1. The molecule has 1 fully saturated rings. The molecule has 1 aromatic heterocycles. The maximum absolute atomic E-state index is 11.8. The fraction of sp³-hybridized carbons (Fsp3) is 0.571. The van der Waals surface area contributed by atoms with E-state index in [2.05, 4.69) is 10.6 Å². The number of nitrogens with one attached hydrogen (secondary N) is 2. The maximum Gasteiger partial charge on any atom is 0.252 e. The van der Waals surface area contributed by atoms with Gasteiger partial charge in [-0.2, -0.15) is 11.3 Å². The number of carbonyl (C=O) groups is 2. The molecule has 2 atom stereocenters. The number of carbonyl (C=O) groups excluding carboxylic acids is 2. The predicted molar refractivity (Wildman–Crippen MR) is 77.6 cm³/mol. The molecule has 1 aliphatic rings. The summed E-state index contributed by atoms with van der Waals surface area (Å²) < 4.78 is 0. The van der Waals surface area contributed by atoms with Crippen molar-refractivity contribution in [3.8, 4) is 0 Å². The number of aliphatic hydroxyl groups is 1. The van der Waals surface area contributed by atoms with Crippen molar-refractivity contribution in [3.63, 3.8) is 0 Å². The third-order valence-electron chi connectivity index (χ3n) is 3.66. The van der Waals surface area contributed by atoms with Crippen LogP contribution < -0.4 is 10.6 Å². The Balaban J connectivity index is 1.66. The topological polar surface area (TPSA) is 78.4 Å². The van der Waals surface area contributed by atoms with Crippen LogP contribution in [0, 0.1) is 5.92 Å². The smallest absolute Gasteiger partial charge is 0.252 e. The quantitative estimate of drug-likeness (QED) is 0.737. The van der Waals surface area contributed by atoms with Crippen molar-refractivity contribution in [2.45, 2.75) is 31.7 Å². The largest absolute Gasteiger partial charge is 0.396 e. The van der Waals surface area contributed by atoms with Crippen molar-refractivity contribution in [1.29, 1.82) is 0 Å². The molecule has 1 aliphatic carbocycles. The zero-order valence-electron chi connectivity index (χ0n) is 11.3. The van der Waals surface area contributed by atoms with Crippen molar-refractivity contribution < 1.29 is 14.7 Å². The fourth-order valence-corrected chi connectivity index (χ4v) is 3.15. The lowest BCUT2D eigenvalue weighted by atomic mass is 10.1. The molecule has 5 nitrogen and oxygen atoms in total. The van der Waals surface area contributed by atoms with E-state index in [4.69, 9.17) is 0 Å². The van der Waals surface area contributed by atoms with Gasteiger partial charge in [-0.15, -0.1) is 0 Å². The molecule has 20 heavy (non-hydrogen) atoms. The molecule has 1 saturated carbocycles. The average molecular weight is 296 g/mol. The summed E-state index contributed by atoms with van der Waals surface area (Å²) >= 11 is 1.47. The Morgan fingerprint density at radius 2 is 2.25 bits per heavy atom. The Bertz CT molecular complexity index is 447. The van der Waals surface area contributed by atoms with Crippen LogP contribution in [0.1, 0.15) is 36.0 Å². The first-order valence-corrected chi connectivity index (χ1v) is 7.85. The Hall–Kier alpha value is -1.40. The number of amides is 2. The van der Waals surface area contributed by atoms with Gasteiger partial charge in [0.2, 0.25) is 5.91 Å². The third kappa shape index (κ3) is 4.05. The van der Waals surface area contributed by atoms with Crippen LogP contribution in [0.5, 0.6) is 0 Å². The zero-order valence-corrected chi connectivity index (χ0v) is 12.1. The molecule has 0 bridgehead atoms. The lowest BCUT2D eigenvalue weighted by Crippen LogP contribution is -2.40. The van der Waals surface area contributed by atoms with Gasteiger partial charge >= 0.3 is 0 Å². The number of thiophene rings is 1. The van der Waals surface area contributed by atoms with Gasteiger partial charge < -0.3 is 15.7 Å². The average Bonchev–Trinajstić information content (AvgIpc) is 3.09.